The number of hydrogen-bond acceptors (Lipinski definition) is 4. The standard InChI is InChI=1S/C25H36N2OS/c1-14-9-10-17-16-7-6-8-18(23(16)28-24(17)27-14)20-11-21-19(13-26-20)15(2)22(29-21)12-25(3,4)5/h9-10,15-17,20,22,24,26H,6-8,11-13H2,1-5H3/t15-,16?,17?,20+,22-,24?/m0/s1/i1D3,12D2. The number of hydrogen-bond donors (Lipinski definition) is 1. The Bertz CT molecular complexity index is 990. The highest BCUT2D eigenvalue weighted by Crippen LogP contribution is 2.52. The van der Waals surface area contributed by atoms with Crippen molar-refractivity contribution in [1.82, 2.24) is 5.32 Å². The van der Waals surface area contributed by atoms with Gasteiger partial charge in [0, 0.05) is 42.2 Å². The van der Waals surface area contributed by atoms with Crippen LogP contribution in [0.5, 0.6) is 0 Å². The third-order valence-corrected chi connectivity index (χ3v) is 8.45. The molecule has 0 spiro atoms. The van der Waals surface area contributed by atoms with Crippen LogP contribution < -0.4 is 5.32 Å². The summed E-state index contributed by atoms with van der Waals surface area (Å²) in [6, 6.07) is 0.186. The molecular formula is C25H36N2OS. The van der Waals surface area contributed by atoms with E-state index in [1.165, 1.54) is 16.1 Å². The number of allylic oxidation sites excluding steroid dienone is 2. The van der Waals surface area contributed by atoms with Gasteiger partial charge in [-0.3, -0.25) is 0 Å². The van der Waals surface area contributed by atoms with E-state index in [0.717, 1.165) is 38.0 Å². The minimum absolute atomic E-state index is 0.0711. The van der Waals surface area contributed by atoms with Gasteiger partial charge in [-0.25, -0.2) is 4.99 Å². The number of ether oxygens (including phenoxy) is 1. The van der Waals surface area contributed by atoms with Crippen LogP contribution in [0, 0.1) is 23.2 Å². The molecule has 4 aliphatic heterocycles. The van der Waals surface area contributed by atoms with Crippen LogP contribution in [0.25, 0.3) is 0 Å². The Morgan fingerprint density at radius 3 is 3.03 bits per heavy atom. The van der Waals surface area contributed by atoms with Gasteiger partial charge in [-0.1, -0.05) is 33.8 Å². The lowest BCUT2D eigenvalue weighted by Gasteiger charge is -2.32. The largest absolute Gasteiger partial charge is 0.472 e. The number of fused-ring (bicyclic) bond motifs is 3. The molecule has 3 unspecified atom stereocenters. The van der Waals surface area contributed by atoms with Gasteiger partial charge in [0.15, 0.2) is 6.23 Å². The summed E-state index contributed by atoms with van der Waals surface area (Å²) in [5.74, 6) is 1.62. The average molecular weight is 418 g/mol. The van der Waals surface area contributed by atoms with Crippen molar-refractivity contribution in [1.29, 1.82) is 0 Å². The maximum absolute atomic E-state index is 8.86. The topological polar surface area (TPSA) is 33.6 Å². The first-order valence-electron chi connectivity index (χ1n) is 13.6. The van der Waals surface area contributed by atoms with Gasteiger partial charge in [0.1, 0.15) is 5.76 Å². The molecule has 0 amide bonds. The van der Waals surface area contributed by atoms with E-state index in [0.29, 0.717) is 0 Å². The molecule has 0 aromatic rings. The molecule has 5 aliphatic rings. The first kappa shape index (κ1) is 14.9. The lowest BCUT2D eigenvalue weighted by molar-refractivity contribution is 0.146. The molecule has 0 radical (unpaired) electrons. The molecule has 1 saturated heterocycles. The van der Waals surface area contributed by atoms with Gasteiger partial charge in [-0.2, -0.15) is 0 Å². The number of nitrogens with zero attached hydrogens (tertiary/aromatic N) is 1. The molecule has 0 aromatic heterocycles. The van der Waals surface area contributed by atoms with Crippen molar-refractivity contribution in [3.05, 3.63) is 34.0 Å². The third kappa shape index (κ3) is 3.65. The highest BCUT2D eigenvalue weighted by Gasteiger charge is 2.46. The van der Waals surface area contributed by atoms with E-state index in [9.17, 15) is 0 Å². The second-order valence-corrected chi connectivity index (χ2v) is 11.4. The highest BCUT2D eigenvalue weighted by atomic mass is 32.2. The Kier molecular flexibility index (Phi) is 3.75. The summed E-state index contributed by atoms with van der Waals surface area (Å²) in [4.78, 5) is 5.83. The van der Waals surface area contributed by atoms with Gasteiger partial charge in [0.25, 0.3) is 0 Å². The van der Waals surface area contributed by atoms with E-state index < -0.39 is 24.9 Å². The van der Waals surface area contributed by atoms with Gasteiger partial charge in [-0.05, 0) is 72.4 Å². The number of dihydropyridines is 1. The van der Waals surface area contributed by atoms with E-state index >= 15 is 0 Å². The zero-order valence-electron chi connectivity index (χ0n) is 22.9. The molecule has 3 nitrogen and oxygen atoms in total. The minimum Gasteiger partial charge on any atom is -0.472 e. The average Bonchev–Trinajstić information content (AvgIpc) is 3.29. The van der Waals surface area contributed by atoms with E-state index in [4.69, 9.17) is 11.6 Å². The summed E-state index contributed by atoms with van der Waals surface area (Å²) in [6.45, 7) is 6.76. The lowest BCUT2D eigenvalue weighted by atomic mass is 9.77. The Morgan fingerprint density at radius 2 is 2.24 bits per heavy atom. The van der Waals surface area contributed by atoms with Gasteiger partial charge in [0.05, 0.1) is 0 Å². The summed E-state index contributed by atoms with van der Waals surface area (Å²) < 4.78 is 47.2. The molecule has 1 aliphatic carbocycles. The molecule has 1 N–H and O–H groups in total. The summed E-state index contributed by atoms with van der Waals surface area (Å²) in [6.07, 6.45) is 5.98. The van der Waals surface area contributed by atoms with Crippen LogP contribution in [-0.2, 0) is 4.74 Å². The van der Waals surface area contributed by atoms with Crippen molar-refractivity contribution in [2.45, 2.75) is 84.1 Å². The van der Waals surface area contributed by atoms with Gasteiger partial charge >= 0.3 is 0 Å². The molecule has 4 heteroatoms. The lowest BCUT2D eigenvalue weighted by Crippen LogP contribution is -2.39. The molecule has 0 saturated carbocycles. The van der Waals surface area contributed by atoms with Crippen LogP contribution in [-0.4, -0.2) is 29.8 Å². The summed E-state index contributed by atoms with van der Waals surface area (Å²) >= 11 is 1.76. The SMILES string of the molecule is [2H]C([2H])([2H])C1=NC2OC3=C([C@H]4CC5=C(CN4)[C@H](C)[C@H](C([2H])([2H])C(C)(C)C)S5)CCCC3C2C=C1. The third-order valence-electron chi connectivity index (χ3n) is 6.95. The molecule has 0 aromatic carbocycles. The second-order valence-electron chi connectivity index (χ2n) is 10.2. The number of thioether (sulfide) groups is 1. The Balaban J connectivity index is 1.38. The number of nitrogens with one attached hydrogen (secondary N) is 1. The fourth-order valence-electron chi connectivity index (χ4n) is 5.54. The van der Waals surface area contributed by atoms with Crippen molar-refractivity contribution in [2.24, 2.45) is 28.2 Å². The van der Waals surface area contributed by atoms with E-state index in [1.54, 1.807) is 17.8 Å². The van der Waals surface area contributed by atoms with Crippen molar-refractivity contribution in [3.8, 4) is 0 Å². The number of aliphatic imine (C=N–C) groups is 1. The van der Waals surface area contributed by atoms with E-state index in [-0.39, 0.29) is 34.8 Å². The zero-order chi connectivity index (χ0) is 24.6. The molecule has 0 bridgehead atoms. The van der Waals surface area contributed by atoms with Gasteiger partial charge in [0.2, 0.25) is 0 Å². The van der Waals surface area contributed by atoms with Crippen LogP contribution in [0.3, 0.4) is 0 Å². The normalized spacial score (nSPS) is 42.6. The molecule has 5 rings (SSSR count). The summed E-state index contributed by atoms with van der Waals surface area (Å²) in [5.41, 5.74) is 2.40. The first-order valence-corrected chi connectivity index (χ1v) is 11.9. The summed E-state index contributed by atoms with van der Waals surface area (Å²) in [5, 5.41) is 3.68. The maximum atomic E-state index is 8.86. The monoisotopic (exact) mass is 417 g/mol. The van der Waals surface area contributed by atoms with Crippen LogP contribution in [0.15, 0.2) is 39.0 Å². The smallest absolute Gasteiger partial charge is 0.196 e. The molecule has 6 atom stereocenters. The predicted molar refractivity (Wildman–Crippen MR) is 123 cm³/mol. The molecule has 1 fully saturated rings. The molecule has 29 heavy (non-hydrogen) atoms. The molecule has 158 valence electrons. The fraction of sp³-hybridized carbons (Fsp3) is 0.720. The van der Waals surface area contributed by atoms with Crippen molar-refractivity contribution >= 4 is 17.5 Å². The van der Waals surface area contributed by atoms with E-state index in [1.807, 2.05) is 26.8 Å². The summed E-state index contributed by atoms with van der Waals surface area (Å²) in [7, 11) is 0. The molecule has 4 heterocycles. The number of rotatable bonds is 2. The van der Waals surface area contributed by atoms with Gasteiger partial charge in [-0.15, -0.1) is 11.8 Å². The first-order chi connectivity index (χ1) is 15.8. The Labute approximate surface area is 187 Å². The Hall–Kier alpha value is -1.00. The van der Waals surface area contributed by atoms with Gasteiger partial charge < -0.3 is 10.1 Å². The van der Waals surface area contributed by atoms with Crippen LogP contribution in [0.4, 0.5) is 0 Å². The predicted octanol–water partition coefficient (Wildman–Crippen LogP) is 5.85. The maximum Gasteiger partial charge on any atom is 0.196 e. The molecular weight excluding hydrogens is 376 g/mol. The zero-order valence-corrected chi connectivity index (χ0v) is 18.7. The minimum atomic E-state index is -2.21. The van der Waals surface area contributed by atoms with Crippen molar-refractivity contribution < 1.29 is 11.6 Å². The van der Waals surface area contributed by atoms with Crippen LogP contribution >= 0.6 is 11.8 Å². The van der Waals surface area contributed by atoms with Crippen LogP contribution in [0.1, 0.15) is 73.5 Å². The van der Waals surface area contributed by atoms with Crippen LogP contribution in [0.2, 0.25) is 0 Å². The Morgan fingerprint density at radius 1 is 1.38 bits per heavy atom. The quantitative estimate of drug-likeness (QED) is 0.612. The van der Waals surface area contributed by atoms with Crippen molar-refractivity contribution in [2.75, 3.05) is 6.54 Å². The van der Waals surface area contributed by atoms with Crippen molar-refractivity contribution in [3.63, 3.8) is 0 Å². The van der Waals surface area contributed by atoms with E-state index in [2.05, 4.69) is 17.2 Å². The fourth-order valence-corrected chi connectivity index (χ4v) is 7.30. The second kappa shape index (κ2) is 7.30. The highest BCUT2D eigenvalue weighted by molar-refractivity contribution is 8.04.